The standard InChI is InChI=1S/C17H32N2/c1-3-13-5-8-16(9-6-13)19(2)17(12-18)11-14-4-7-15(17)10-14/h13-16H,3-12,18H2,1-2H3. The summed E-state index contributed by atoms with van der Waals surface area (Å²) in [5.74, 6) is 2.89. The van der Waals surface area contributed by atoms with Gasteiger partial charge in [0, 0.05) is 18.1 Å². The van der Waals surface area contributed by atoms with E-state index in [2.05, 4.69) is 18.9 Å². The quantitative estimate of drug-likeness (QED) is 0.843. The Morgan fingerprint density at radius 3 is 2.32 bits per heavy atom. The minimum atomic E-state index is 0.368. The molecule has 19 heavy (non-hydrogen) atoms. The third-order valence-electron chi connectivity index (χ3n) is 6.94. The Hall–Kier alpha value is -0.0800. The van der Waals surface area contributed by atoms with Crippen molar-refractivity contribution in [3.8, 4) is 0 Å². The molecule has 3 unspecified atom stereocenters. The van der Waals surface area contributed by atoms with Gasteiger partial charge in [-0.3, -0.25) is 4.90 Å². The van der Waals surface area contributed by atoms with Crippen LogP contribution >= 0.6 is 0 Å². The number of nitrogens with zero attached hydrogens (tertiary/aromatic N) is 1. The van der Waals surface area contributed by atoms with Gasteiger partial charge in [-0.1, -0.05) is 19.8 Å². The van der Waals surface area contributed by atoms with E-state index < -0.39 is 0 Å². The maximum Gasteiger partial charge on any atom is 0.0362 e. The zero-order valence-corrected chi connectivity index (χ0v) is 12.9. The molecule has 3 aliphatic rings. The summed E-state index contributed by atoms with van der Waals surface area (Å²) in [6.45, 7) is 3.24. The van der Waals surface area contributed by atoms with Gasteiger partial charge in [0.05, 0.1) is 0 Å². The molecule has 2 heteroatoms. The van der Waals surface area contributed by atoms with Gasteiger partial charge in [0.25, 0.3) is 0 Å². The Morgan fingerprint density at radius 2 is 1.84 bits per heavy atom. The average molecular weight is 264 g/mol. The van der Waals surface area contributed by atoms with Gasteiger partial charge in [-0.2, -0.15) is 0 Å². The summed E-state index contributed by atoms with van der Waals surface area (Å²) in [6, 6.07) is 0.811. The molecule has 3 fully saturated rings. The van der Waals surface area contributed by atoms with Crippen molar-refractivity contribution in [1.29, 1.82) is 0 Å². The second-order valence-corrected chi connectivity index (χ2v) is 7.58. The van der Waals surface area contributed by atoms with Crippen molar-refractivity contribution < 1.29 is 0 Å². The Bertz CT molecular complexity index is 308. The first kappa shape index (κ1) is 13.9. The third kappa shape index (κ3) is 2.25. The molecule has 3 rings (SSSR count). The Kier molecular flexibility index (Phi) is 3.92. The normalized spacial score (nSPS) is 46.1. The lowest BCUT2D eigenvalue weighted by atomic mass is 9.76. The number of fused-ring (bicyclic) bond motifs is 2. The van der Waals surface area contributed by atoms with E-state index in [4.69, 9.17) is 5.73 Å². The zero-order chi connectivity index (χ0) is 13.5. The van der Waals surface area contributed by atoms with Gasteiger partial charge in [0.15, 0.2) is 0 Å². The largest absolute Gasteiger partial charge is 0.329 e. The van der Waals surface area contributed by atoms with Crippen LogP contribution in [0.4, 0.5) is 0 Å². The van der Waals surface area contributed by atoms with Crippen LogP contribution in [0.5, 0.6) is 0 Å². The monoisotopic (exact) mass is 264 g/mol. The third-order valence-corrected chi connectivity index (χ3v) is 6.94. The molecule has 110 valence electrons. The van der Waals surface area contributed by atoms with Gasteiger partial charge in [-0.15, -0.1) is 0 Å². The predicted octanol–water partition coefficient (Wildman–Crippen LogP) is 3.40. The van der Waals surface area contributed by atoms with Crippen molar-refractivity contribution in [3.05, 3.63) is 0 Å². The zero-order valence-electron chi connectivity index (χ0n) is 12.9. The molecule has 0 aromatic rings. The van der Waals surface area contributed by atoms with E-state index in [-0.39, 0.29) is 0 Å². The van der Waals surface area contributed by atoms with Crippen LogP contribution in [-0.4, -0.2) is 30.1 Å². The molecule has 3 saturated carbocycles. The smallest absolute Gasteiger partial charge is 0.0362 e. The predicted molar refractivity (Wildman–Crippen MR) is 81.0 cm³/mol. The lowest BCUT2D eigenvalue weighted by Crippen LogP contribution is -2.59. The minimum absolute atomic E-state index is 0.368. The van der Waals surface area contributed by atoms with Gasteiger partial charge in [0.1, 0.15) is 0 Å². The Balaban J connectivity index is 1.67. The summed E-state index contributed by atoms with van der Waals surface area (Å²) < 4.78 is 0. The maximum atomic E-state index is 6.27. The summed E-state index contributed by atoms with van der Waals surface area (Å²) >= 11 is 0. The van der Waals surface area contributed by atoms with Crippen LogP contribution in [0.25, 0.3) is 0 Å². The van der Waals surface area contributed by atoms with Crippen molar-refractivity contribution in [2.75, 3.05) is 13.6 Å². The van der Waals surface area contributed by atoms with Gasteiger partial charge in [-0.05, 0) is 69.7 Å². The summed E-state index contributed by atoms with van der Waals surface area (Å²) in [7, 11) is 2.39. The molecular weight excluding hydrogens is 232 g/mol. The van der Waals surface area contributed by atoms with Crippen LogP contribution < -0.4 is 5.73 Å². The second kappa shape index (κ2) is 5.37. The summed E-state index contributed by atoms with van der Waals surface area (Å²) in [4.78, 5) is 2.75. The first-order valence-corrected chi connectivity index (χ1v) is 8.62. The molecule has 2 nitrogen and oxygen atoms in total. The van der Waals surface area contributed by atoms with Crippen LogP contribution in [0.1, 0.15) is 64.7 Å². The first-order valence-electron chi connectivity index (χ1n) is 8.62. The molecule has 0 amide bonds. The van der Waals surface area contributed by atoms with E-state index >= 15 is 0 Å². The topological polar surface area (TPSA) is 29.3 Å². The maximum absolute atomic E-state index is 6.27. The highest BCUT2D eigenvalue weighted by Gasteiger charge is 2.53. The van der Waals surface area contributed by atoms with Crippen LogP contribution in [0.3, 0.4) is 0 Å². The Morgan fingerprint density at radius 1 is 1.11 bits per heavy atom. The molecule has 2 bridgehead atoms. The number of hydrogen-bond acceptors (Lipinski definition) is 2. The van der Waals surface area contributed by atoms with Crippen molar-refractivity contribution in [2.45, 2.75) is 76.3 Å². The molecular formula is C17H32N2. The minimum Gasteiger partial charge on any atom is -0.329 e. The molecule has 0 spiro atoms. The van der Waals surface area contributed by atoms with Crippen molar-refractivity contribution >= 4 is 0 Å². The van der Waals surface area contributed by atoms with Gasteiger partial charge in [-0.25, -0.2) is 0 Å². The second-order valence-electron chi connectivity index (χ2n) is 7.58. The van der Waals surface area contributed by atoms with E-state index in [0.29, 0.717) is 5.54 Å². The lowest BCUT2D eigenvalue weighted by Gasteiger charge is -2.49. The molecule has 0 aliphatic heterocycles. The average Bonchev–Trinajstić information content (AvgIpc) is 3.07. The molecule has 0 saturated heterocycles. The van der Waals surface area contributed by atoms with Gasteiger partial charge >= 0.3 is 0 Å². The lowest BCUT2D eigenvalue weighted by molar-refractivity contribution is 0.00962. The van der Waals surface area contributed by atoms with Gasteiger partial charge < -0.3 is 5.73 Å². The van der Waals surface area contributed by atoms with E-state index in [1.165, 1.54) is 57.8 Å². The molecule has 0 heterocycles. The number of likely N-dealkylation sites (N-methyl/N-ethyl adjacent to an activating group) is 1. The first-order chi connectivity index (χ1) is 9.19. The number of rotatable bonds is 4. The highest BCUT2D eigenvalue weighted by molar-refractivity contribution is 5.08. The van der Waals surface area contributed by atoms with Crippen LogP contribution in [0, 0.1) is 17.8 Å². The number of hydrogen-bond donors (Lipinski definition) is 1. The number of nitrogens with two attached hydrogens (primary N) is 1. The van der Waals surface area contributed by atoms with Crippen LogP contribution in [0.15, 0.2) is 0 Å². The van der Waals surface area contributed by atoms with Gasteiger partial charge in [0.2, 0.25) is 0 Å². The van der Waals surface area contributed by atoms with Crippen molar-refractivity contribution in [1.82, 2.24) is 4.90 Å². The highest BCUT2D eigenvalue weighted by Crippen LogP contribution is 2.53. The Labute approximate surface area is 119 Å². The molecule has 0 radical (unpaired) electrons. The molecule has 0 aromatic carbocycles. The summed E-state index contributed by atoms with van der Waals surface area (Å²) in [5, 5.41) is 0. The van der Waals surface area contributed by atoms with Crippen molar-refractivity contribution in [3.63, 3.8) is 0 Å². The van der Waals surface area contributed by atoms with E-state index in [9.17, 15) is 0 Å². The van der Waals surface area contributed by atoms with Crippen LogP contribution in [-0.2, 0) is 0 Å². The molecule has 3 atom stereocenters. The van der Waals surface area contributed by atoms with E-state index in [0.717, 1.165) is 30.3 Å². The molecule has 3 aliphatic carbocycles. The van der Waals surface area contributed by atoms with Crippen LogP contribution in [0.2, 0.25) is 0 Å². The molecule has 2 N–H and O–H groups in total. The fourth-order valence-corrected chi connectivity index (χ4v) is 5.54. The fraction of sp³-hybridized carbons (Fsp3) is 1.00. The molecule has 0 aromatic heterocycles. The van der Waals surface area contributed by atoms with Crippen molar-refractivity contribution in [2.24, 2.45) is 23.5 Å². The van der Waals surface area contributed by atoms with E-state index in [1.807, 2.05) is 0 Å². The summed E-state index contributed by atoms with van der Waals surface area (Å²) in [6.07, 6.45) is 12.9. The fourth-order valence-electron chi connectivity index (χ4n) is 5.54. The van der Waals surface area contributed by atoms with E-state index in [1.54, 1.807) is 0 Å². The highest BCUT2D eigenvalue weighted by atomic mass is 15.2. The SMILES string of the molecule is CCC1CCC(N(C)C2(CN)CC3CCC2C3)CC1. The summed E-state index contributed by atoms with van der Waals surface area (Å²) in [5.41, 5.74) is 6.64.